The number of thioether (sulfide) groups is 1. The molecule has 4 heteroatoms. The highest BCUT2D eigenvalue weighted by molar-refractivity contribution is 7.99. The first-order valence-electron chi connectivity index (χ1n) is 5.38. The molecule has 1 rings (SSSR count). The summed E-state index contributed by atoms with van der Waals surface area (Å²) in [6.45, 7) is 2.80. The highest BCUT2D eigenvalue weighted by Crippen LogP contribution is 2.26. The van der Waals surface area contributed by atoms with Crippen LogP contribution in [-0.2, 0) is 4.79 Å². The van der Waals surface area contributed by atoms with E-state index >= 15 is 0 Å². The average Bonchev–Trinajstić information content (AvgIpc) is 2.29. The summed E-state index contributed by atoms with van der Waals surface area (Å²) in [5.74, 6) is 0.876. The van der Waals surface area contributed by atoms with Crippen molar-refractivity contribution in [3.8, 4) is 0 Å². The molecule has 0 aromatic heterocycles. The topological polar surface area (TPSA) is 29.1 Å². The van der Waals surface area contributed by atoms with Gasteiger partial charge in [0.1, 0.15) is 0 Å². The molecular formula is C12H16ClNOS. The summed E-state index contributed by atoms with van der Waals surface area (Å²) in [4.78, 5) is 12.4. The Kier molecular flexibility index (Phi) is 6.34. The van der Waals surface area contributed by atoms with Crippen LogP contribution in [0.3, 0.4) is 0 Å². The zero-order valence-electron chi connectivity index (χ0n) is 9.33. The van der Waals surface area contributed by atoms with Gasteiger partial charge in [0.2, 0.25) is 5.91 Å². The maximum Gasteiger partial charge on any atom is 0.220 e. The largest absolute Gasteiger partial charge is 0.356 e. The number of hydrogen-bond acceptors (Lipinski definition) is 2. The Morgan fingerprint density at radius 2 is 2.19 bits per heavy atom. The fourth-order valence-corrected chi connectivity index (χ4v) is 2.36. The fraction of sp³-hybridized carbons (Fsp3) is 0.417. The van der Waals surface area contributed by atoms with E-state index in [1.165, 1.54) is 0 Å². The van der Waals surface area contributed by atoms with E-state index in [-0.39, 0.29) is 5.91 Å². The number of carbonyl (C=O) groups excluding carboxylic acids is 1. The second kappa shape index (κ2) is 7.58. The molecular weight excluding hydrogens is 242 g/mol. The summed E-state index contributed by atoms with van der Waals surface area (Å²) in [6.07, 6.45) is 1.51. The lowest BCUT2D eigenvalue weighted by Crippen LogP contribution is -2.24. The molecule has 0 unspecified atom stereocenters. The van der Waals surface area contributed by atoms with Crippen LogP contribution in [0.25, 0.3) is 0 Å². The maximum atomic E-state index is 11.3. The Bertz CT molecular complexity index is 344. The summed E-state index contributed by atoms with van der Waals surface area (Å²) < 4.78 is 0. The van der Waals surface area contributed by atoms with Crippen LogP contribution in [-0.4, -0.2) is 18.2 Å². The van der Waals surface area contributed by atoms with Gasteiger partial charge in [0.15, 0.2) is 0 Å². The molecule has 0 aliphatic rings. The summed E-state index contributed by atoms with van der Waals surface area (Å²) in [5.41, 5.74) is 0. The molecule has 0 saturated heterocycles. The minimum Gasteiger partial charge on any atom is -0.356 e. The van der Waals surface area contributed by atoms with Gasteiger partial charge in [-0.15, -0.1) is 11.8 Å². The van der Waals surface area contributed by atoms with Gasteiger partial charge in [-0.25, -0.2) is 0 Å². The summed E-state index contributed by atoms with van der Waals surface area (Å²) in [5, 5.41) is 3.60. The molecule has 0 saturated carbocycles. The first kappa shape index (κ1) is 13.4. The van der Waals surface area contributed by atoms with E-state index in [1.54, 1.807) is 11.8 Å². The van der Waals surface area contributed by atoms with Crippen LogP contribution in [0.5, 0.6) is 0 Å². The van der Waals surface area contributed by atoms with Gasteiger partial charge < -0.3 is 5.32 Å². The number of halogens is 1. The van der Waals surface area contributed by atoms with Gasteiger partial charge in [-0.2, -0.15) is 0 Å². The standard InChI is InChI=1S/C12H16ClNOS/c1-2-8-14-12(15)7-9-16-11-6-4-3-5-10(11)13/h3-6H,2,7-9H2,1H3,(H,14,15). The van der Waals surface area contributed by atoms with Gasteiger partial charge in [0, 0.05) is 23.6 Å². The number of carbonyl (C=O) groups is 1. The third-order valence-corrected chi connectivity index (χ3v) is 3.51. The van der Waals surface area contributed by atoms with Crippen molar-refractivity contribution in [3.05, 3.63) is 29.3 Å². The van der Waals surface area contributed by atoms with Crippen LogP contribution in [0, 0.1) is 0 Å². The Morgan fingerprint density at radius 1 is 1.44 bits per heavy atom. The van der Waals surface area contributed by atoms with Gasteiger partial charge in [0.25, 0.3) is 0 Å². The lowest BCUT2D eigenvalue weighted by atomic mass is 10.4. The Hall–Kier alpha value is -0.670. The van der Waals surface area contributed by atoms with Crippen molar-refractivity contribution in [2.45, 2.75) is 24.7 Å². The predicted molar refractivity (Wildman–Crippen MR) is 70.1 cm³/mol. The van der Waals surface area contributed by atoms with Crippen molar-refractivity contribution in [1.29, 1.82) is 0 Å². The third kappa shape index (κ3) is 4.90. The van der Waals surface area contributed by atoms with Crippen LogP contribution in [0.4, 0.5) is 0 Å². The smallest absolute Gasteiger partial charge is 0.220 e. The highest BCUT2D eigenvalue weighted by atomic mass is 35.5. The fourth-order valence-electron chi connectivity index (χ4n) is 1.17. The molecule has 0 heterocycles. The predicted octanol–water partition coefficient (Wildman–Crippen LogP) is 3.35. The molecule has 0 aliphatic heterocycles. The van der Waals surface area contributed by atoms with Crippen molar-refractivity contribution in [1.82, 2.24) is 5.32 Å². The molecule has 1 aromatic carbocycles. The van der Waals surface area contributed by atoms with E-state index in [0.717, 1.165) is 28.6 Å². The third-order valence-electron chi connectivity index (χ3n) is 2.00. The number of benzene rings is 1. The second-order valence-electron chi connectivity index (χ2n) is 3.38. The number of amides is 1. The monoisotopic (exact) mass is 257 g/mol. The normalized spacial score (nSPS) is 10.1. The minimum absolute atomic E-state index is 0.112. The molecule has 0 spiro atoms. The van der Waals surface area contributed by atoms with Crippen molar-refractivity contribution >= 4 is 29.3 Å². The Morgan fingerprint density at radius 3 is 2.88 bits per heavy atom. The summed E-state index contributed by atoms with van der Waals surface area (Å²) in [7, 11) is 0. The molecule has 0 aliphatic carbocycles. The first-order valence-corrected chi connectivity index (χ1v) is 6.74. The van der Waals surface area contributed by atoms with Gasteiger partial charge in [0.05, 0.1) is 5.02 Å². The molecule has 1 N–H and O–H groups in total. The van der Waals surface area contributed by atoms with Crippen LogP contribution in [0.1, 0.15) is 19.8 Å². The van der Waals surface area contributed by atoms with Crippen LogP contribution >= 0.6 is 23.4 Å². The summed E-state index contributed by atoms with van der Waals surface area (Å²) in [6, 6.07) is 7.68. The molecule has 1 aromatic rings. The number of rotatable bonds is 6. The summed E-state index contributed by atoms with van der Waals surface area (Å²) >= 11 is 7.62. The van der Waals surface area contributed by atoms with E-state index in [1.807, 2.05) is 31.2 Å². The second-order valence-corrected chi connectivity index (χ2v) is 4.92. The van der Waals surface area contributed by atoms with Crippen molar-refractivity contribution in [3.63, 3.8) is 0 Å². The molecule has 0 radical (unpaired) electrons. The van der Waals surface area contributed by atoms with Gasteiger partial charge in [-0.1, -0.05) is 30.7 Å². The Balaban J connectivity index is 2.25. The van der Waals surface area contributed by atoms with E-state index in [2.05, 4.69) is 5.32 Å². The molecule has 0 fully saturated rings. The van der Waals surface area contributed by atoms with E-state index in [4.69, 9.17) is 11.6 Å². The molecule has 1 amide bonds. The van der Waals surface area contributed by atoms with E-state index < -0.39 is 0 Å². The van der Waals surface area contributed by atoms with E-state index in [9.17, 15) is 4.79 Å². The maximum absolute atomic E-state index is 11.3. The average molecular weight is 258 g/mol. The lowest BCUT2D eigenvalue weighted by Gasteiger charge is -2.04. The minimum atomic E-state index is 0.112. The SMILES string of the molecule is CCCNC(=O)CCSc1ccccc1Cl. The van der Waals surface area contributed by atoms with Crippen LogP contribution in [0.2, 0.25) is 5.02 Å². The molecule has 0 atom stereocenters. The molecule has 2 nitrogen and oxygen atoms in total. The zero-order chi connectivity index (χ0) is 11.8. The molecule has 16 heavy (non-hydrogen) atoms. The van der Waals surface area contributed by atoms with Crippen molar-refractivity contribution in [2.24, 2.45) is 0 Å². The number of hydrogen-bond donors (Lipinski definition) is 1. The van der Waals surface area contributed by atoms with Gasteiger partial charge in [-0.05, 0) is 18.6 Å². The number of nitrogens with one attached hydrogen (secondary N) is 1. The quantitative estimate of drug-likeness (QED) is 0.792. The molecule has 88 valence electrons. The zero-order valence-corrected chi connectivity index (χ0v) is 10.9. The van der Waals surface area contributed by atoms with E-state index in [0.29, 0.717) is 6.42 Å². The highest BCUT2D eigenvalue weighted by Gasteiger charge is 2.03. The lowest BCUT2D eigenvalue weighted by molar-refractivity contribution is -0.120. The first-order chi connectivity index (χ1) is 7.74. The Labute approximate surface area is 106 Å². The van der Waals surface area contributed by atoms with Crippen molar-refractivity contribution in [2.75, 3.05) is 12.3 Å². The van der Waals surface area contributed by atoms with Crippen molar-refractivity contribution < 1.29 is 4.79 Å². The molecule has 0 bridgehead atoms. The van der Waals surface area contributed by atoms with Gasteiger partial charge in [-0.3, -0.25) is 4.79 Å². The van der Waals surface area contributed by atoms with Crippen LogP contribution < -0.4 is 5.32 Å². The van der Waals surface area contributed by atoms with Gasteiger partial charge >= 0.3 is 0 Å². The van der Waals surface area contributed by atoms with Crippen LogP contribution in [0.15, 0.2) is 29.2 Å².